The Kier molecular flexibility index (Phi) is 3.25. The van der Waals surface area contributed by atoms with E-state index in [1.54, 1.807) is 0 Å². The first-order chi connectivity index (χ1) is 7.75. The molecule has 2 rings (SSSR count). The average molecular weight is 219 g/mol. The van der Waals surface area contributed by atoms with Crippen molar-refractivity contribution in [3.63, 3.8) is 0 Å². The summed E-state index contributed by atoms with van der Waals surface area (Å²) < 4.78 is 0. The quantitative estimate of drug-likeness (QED) is 0.772. The number of nitrogens with zero attached hydrogens (tertiary/aromatic N) is 1. The van der Waals surface area contributed by atoms with E-state index < -0.39 is 5.97 Å². The van der Waals surface area contributed by atoms with Crippen LogP contribution in [0.15, 0.2) is 30.3 Å². The number of benzene rings is 1. The first-order valence-electron chi connectivity index (χ1n) is 5.79. The maximum Gasteiger partial charge on any atom is 0.322 e. The molecule has 1 fully saturated rings. The molecule has 3 atom stereocenters. The standard InChI is InChI=1S/C13H17NO2/c1-2-3-9-14-11(12(14)13(15)16)10-7-5-4-6-8-10/h4-8,11-12H,2-3,9H2,1H3,(H,15,16)/t11-,12-,14?/m0/s1. The van der Waals surface area contributed by atoms with Crippen LogP contribution in [0.1, 0.15) is 31.4 Å². The van der Waals surface area contributed by atoms with Gasteiger partial charge in [-0.05, 0) is 18.5 Å². The molecule has 0 aromatic heterocycles. The van der Waals surface area contributed by atoms with E-state index in [0.717, 1.165) is 24.9 Å². The minimum Gasteiger partial charge on any atom is -0.480 e. The molecule has 0 amide bonds. The predicted molar refractivity (Wildman–Crippen MR) is 62.2 cm³/mol. The third-order valence-electron chi connectivity index (χ3n) is 3.09. The first-order valence-corrected chi connectivity index (χ1v) is 5.79. The lowest BCUT2D eigenvalue weighted by atomic mass is 10.1. The molecule has 16 heavy (non-hydrogen) atoms. The largest absolute Gasteiger partial charge is 0.480 e. The molecule has 0 radical (unpaired) electrons. The molecule has 86 valence electrons. The van der Waals surface area contributed by atoms with Gasteiger partial charge in [-0.25, -0.2) is 0 Å². The summed E-state index contributed by atoms with van der Waals surface area (Å²) in [4.78, 5) is 13.1. The van der Waals surface area contributed by atoms with Gasteiger partial charge in [0.05, 0.1) is 6.04 Å². The molecule has 1 saturated heterocycles. The third-order valence-corrected chi connectivity index (χ3v) is 3.09. The Labute approximate surface area is 95.7 Å². The van der Waals surface area contributed by atoms with Crippen molar-refractivity contribution < 1.29 is 9.90 Å². The zero-order valence-corrected chi connectivity index (χ0v) is 9.47. The van der Waals surface area contributed by atoms with E-state index in [9.17, 15) is 4.79 Å². The molecule has 0 saturated carbocycles. The Bertz CT molecular complexity index is 363. The van der Waals surface area contributed by atoms with Gasteiger partial charge in [-0.2, -0.15) is 0 Å². The van der Waals surface area contributed by atoms with E-state index in [-0.39, 0.29) is 12.1 Å². The summed E-state index contributed by atoms with van der Waals surface area (Å²) >= 11 is 0. The summed E-state index contributed by atoms with van der Waals surface area (Å²) in [6.07, 6.45) is 2.16. The zero-order chi connectivity index (χ0) is 11.5. The number of unbranched alkanes of at least 4 members (excludes halogenated alkanes) is 1. The highest BCUT2D eigenvalue weighted by molar-refractivity contribution is 5.78. The number of hydrogen-bond donors (Lipinski definition) is 1. The van der Waals surface area contributed by atoms with Crippen LogP contribution in [0.3, 0.4) is 0 Å². The van der Waals surface area contributed by atoms with Crippen LogP contribution in [0.25, 0.3) is 0 Å². The molecule has 1 aliphatic rings. The van der Waals surface area contributed by atoms with Crippen LogP contribution in [0.2, 0.25) is 0 Å². The van der Waals surface area contributed by atoms with Gasteiger partial charge in [-0.15, -0.1) is 0 Å². The van der Waals surface area contributed by atoms with E-state index in [2.05, 4.69) is 11.8 Å². The molecule has 1 N–H and O–H groups in total. The van der Waals surface area contributed by atoms with Crippen LogP contribution in [0.4, 0.5) is 0 Å². The van der Waals surface area contributed by atoms with Gasteiger partial charge < -0.3 is 5.11 Å². The minimum atomic E-state index is -0.704. The van der Waals surface area contributed by atoms with Crippen molar-refractivity contribution in [3.05, 3.63) is 35.9 Å². The molecule has 0 bridgehead atoms. The van der Waals surface area contributed by atoms with Gasteiger partial charge in [0.2, 0.25) is 0 Å². The van der Waals surface area contributed by atoms with Crippen molar-refractivity contribution in [2.45, 2.75) is 31.8 Å². The molecular formula is C13H17NO2. The normalized spacial score (nSPS) is 27.7. The maximum atomic E-state index is 11.1. The van der Waals surface area contributed by atoms with E-state index in [1.165, 1.54) is 0 Å². The summed E-state index contributed by atoms with van der Waals surface area (Å²) in [6, 6.07) is 9.67. The minimum absolute atomic E-state index is 0.0882. The second-order valence-corrected chi connectivity index (χ2v) is 4.23. The van der Waals surface area contributed by atoms with Gasteiger partial charge in [-0.3, -0.25) is 9.69 Å². The van der Waals surface area contributed by atoms with E-state index in [1.807, 2.05) is 30.3 Å². The van der Waals surface area contributed by atoms with Crippen molar-refractivity contribution in [3.8, 4) is 0 Å². The summed E-state index contributed by atoms with van der Waals surface area (Å²) in [5.74, 6) is -0.704. The number of carboxylic acids is 1. The molecule has 3 heteroatoms. The molecular weight excluding hydrogens is 202 g/mol. The van der Waals surface area contributed by atoms with Crippen LogP contribution in [0, 0.1) is 0 Å². The summed E-state index contributed by atoms with van der Waals surface area (Å²) in [6.45, 7) is 3.00. The number of hydrogen-bond acceptors (Lipinski definition) is 2. The van der Waals surface area contributed by atoms with E-state index >= 15 is 0 Å². The lowest BCUT2D eigenvalue weighted by molar-refractivity contribution is -0.137. The van der Waals surface area contributed by atoms with Crippen LogP contribution < -0.4 is 0 Å². The molecule has 1 unspecified atom stereocenters. The molecule has 3 nitrogen and oxygen atoms in total. The highest BCUT2D eigenvalue weighted by atomic mass is 16.4. The van der Waals surface area contributed by atoms with Gasteiger partial charge in [0.25, 0.3) is 0 Å². The number of carbonyl (C=O) groups is 1. The van der Waals surface area contributed by atoms with Crippen molar-refractivity contribution in [1.82, 2.24) is 4.90 Å². The maximum absolute atomic E-state index is 11.1. The second-order valence-electron chi connectivity index (χ2n) is 4.23. The highest BCUT2D eigenvalue weighted by Gasteiger charge is 2.52. The van der Waals surface area contributed by atoms with Gasteiger partial charge in [-0.1, -0.05) is 43.7 Å². The molecule has 0 aliphatic carbocycles. The fraction of sp³-hybridized carbons (Fsp3) is 0.462. The van der Waals surface area contributed by atoms with E-state index in [4.69, 9.17) is 5.11 Å². The number of rotatable bonds is 5. The van der Waals surface area contributed by atoms with Crippen LogP contribution >= 0.6 is 0 Å². The zero-order valence-electron chi connectivity index (χ0n) is 9.47. The topological polar surface area (TPSA) is 40.3 Å². The fourth-order valence-corrected chi connectivity index (χ4v) is 2.20. The smallest absolute Gasteiger partial charge is 0.322 e. The Hall–Kier alpha value is -1.35. The Morgan fingerprint density at radius 3 is 2.62 bits per heavy atom. The molecule has 1 aromatic carbocycles. The van der Waals surface area contributed by atoms with Crippen molar-refractivity contribution in [2.75, 3.05) is 6.54 Å². The molecule has 1 aromatic rings. The van der Waals surface area contributed by atoms with Crippen molar-refractivity contribution >= 4 is 5.97 Å². The van der Waals surface area contributed by atoms with Crippen molar-refractivity contribution in [1.29, 1.82) is 0 Å². The van der Waals surface area contributed by atoms with Gasteiger partial charge >= 0.3 is 5.97 Å². The molecule has 1 heterocycles. The first kappa shape index (κ1) is 11.1. The SMILES string of the molecule is CCCCN1[C@H](C(=O)O)[C@@H]1c1ccccc1. The Balaban J connectivity index is 2.07. The number of carboxylic acid groups (broad SMARTS) is 1. The number of aliphatic carboxylic acids is 1. The Morgan fingerprint density at radius 1 is 1.38 bits per heavy atom. The van der Waals surface area contributed by atoms with Gasteiger partial charge in [0.1, 0.15) is 6.04 Å². The van der Waals surface area contributed by atoms with Gasteiger partial charge in [0.15, 0.2) is 0 Å². The van der Waals surface area contributed by atoms with Gasteiger partial charge in [0, 0.05) is 0 Å². The highest BCUT2D eigenvalue weighted by Crippen LogP contribution is 2.43. The van der Waals surface area contributed by atoms with Crippen LogP contribution in [-0.2, 0) is 4.79 Å². The monoisotopic (exact) mass is 219 g/mol. The fourth-order valence-electron chi connectivity index (χ4n) is 2.20. The van der Waals surface area contributed by atoms with Crippen molar-refractivity contribution in [2.24, 2.45) is 0 Å². The molecule has 1 aliphatic heterocycles. The average Bonchev–Trinajstić information content (AvgIpc) is 3.02. The second kappa shape index (κ2) is 4.66. The lowest BCUT2D eigenvalue weighted by Gasteiger charge is -2.01. The summed E-state index contributed by atoms with van der Waals surface area (Å²) in [5, 5.41) is 9.11. The van der Waals surface area contributed by atoms with Crippen LogP contribution in [-0.4, -0.2) is 28.6 Å². The third kappa shape index (κ3) is 2.09. The van der Waals surface area contributed by atoms with E-state index in [0.29, 0.717) is 0 Å². The summed E-state index contributed by atoms with van der Waals surface area (Å²) in [5.41, 5.74) is 1.12. The van der Waals surface area contributed by atoms with Crippen LogP contribution in [0.5, 0.6) is 0 Å². The molecule has 0 spiro atoms. The lowest BCUT2D eigenvalue weighted by Crippen LogP contribution is -2.12. The predicted octanol–water partition coefficient (Wildman–Crippen LogP) is 2.30. The summed E-state index contributed by atoms with van der Waals surface area (Å²) in [7, 11) is 0. The Morgan fingerprint density at radius 2 is 2.06 bits per heavy atom.